The predicted molar refractivity (Wildman–Crippen MR) is 143 cm³/mol. The fraction of sp³-hybridized carbons (Fsp3) is 0.231. The molecule has 0 unspecified atom stereocenters. The van der Waals surface area contributed by atoms with E-state index in [1.54, 1.807) is 74.5 Å². The van der Waals surface area contributed by atoms with E-state index in [-0.39, 0.29) is 31.4 Å². The lowest BCUT2D eigenvalue weighted by molar-refractivity contribution is -0.147. The molecule has 0 radical (unpaired) electrons. The van der Waals surface area contributed by atoms with Crippen LogP contribution in [-0.2, 0) is 24.4 Å². The number of nitrogen functional groups attached to an aromatic ring is 1. The van der Waals surface area contributed by atoms with E-state index >= 15 is 0 Å². The Hall–Kier alpha value is -4.29. The van der Waals surface area contributed by atoms with Gasteiger partial charge in [-0.25, -0.2) is 4.79 Å². The first-order chi connectivity index (χ1) is 17.7. The Kier molecular flexibility index (Phi) is 12.6. The van der Waals surface area contributed by atoms with Crippen LogP contribution in [0.25, 0.3) is 6.08 Å². The standard InChI is InChI=1S/C25H27N3O5.CH4O3S/c1-4-14-28(16-22(29)32-5-2)24(30)17(3)15-18-6-8-20(9-7-18)25(31)33-21-12-10-19(11-13-21)23(26)27;1-5(2,3)4/h4,6-13,15H,1,5,14,16H2,2-3H3,(H3,26,27);1H3,(H,2,3,4). The van der Waals surface area contributed by atoms with Gasteiger partial charge in [0, 0.05) is 17.7 Å². The molecule has 2 aromatic rings. The Bertz CT molecular complexity index is 1280. The van der Waals surface area contributed by atoms with Gasteiger partial charge in [-0.3, -0.25) is 19.6 Å². The fourth-order valence-electron chi connectivity index (χ4n) is 2.88. The molecule has 2 aromatic carbocycles. The molecule has 0 saturated carbocycles. The second-order valence-corrected chi connectivity index (χ2v) is 9.26. The number of amidine groups is 1. The highest BCUT2D eigenvalue weighted by Gasteiger charge is 2.18. The Labute approximate surface area is 221 Å². The molecule has 1 amide bonds. The largest absolute Gasteiger partial charge is 0.465 e. The monoisotopic (exact) mass is 545 g/mol. The summed E-state index contributed by atoms with van der Waals surface area (Å²) in [6, 6.07) is 12.9. The molecule has 204 valence electrons. The van der Waals surface area contributed by atoms with Gasteiger partial charge in [0.05, 0.1) is 18.4 Å². The lowest BCUT2D eigenvalue weighted by atomic mass is 10.1. The summed E-state index contributed by atoms with van der Waals surface area (Å²) in [6.07, 6.45) is 3.92. The highest BCUT2D eigenvalue weighted by atomic mass is 32.2. The van der Waals surface area contributed by atoms with Crippen molar-refractivity contribution < 1.29 is 36.8 Å². The molecule has 12 heteroatoms. The first kappa shape index (κ1) is 31.7. The number of esters is 2. The highest BCUT2D eigenvalue weighted by molar-refractivity contribution is 7.85. The molecule has 0 aromatic heterocycles. The van der Waals surface area contributed by atoms with Crippen LogP contribution in [0.15, 0.2) is 66.8 Å². The van der Waals surface area contributed by atoms with E-state index < -0.39 is 22.1 Å². The summed E-state index contributed by atoms with van der Waals surface area (Å²) < 4.78 is 36.1. The molecule has 38 heavy (non-hydrogen) atoms. The third-order valence-electron chi connectivity index (χ3n) is 4.50. The van der Waals surface area contributed by atoms with Crippen LogP contribution in [0.3, 0.4) is 0 Å². The Morgan fingerprint density at radius 2 is 1.61 bits per heavy atom. The van der Waals surface area contributed by atoms with Crippen LogP contribution >= 0.6 is 0 Å². The minimum absolute atomic E-state index is 0.0706. The maximum Gasteiger partial charge on any atom is 0.343 e. The summed E-state index contributed by atoms with van der Waals surface area (Å²) in [4.78, 5) is 38.2. The van der Waals surface area contributed by atoms with Gasteiger partial charge in [-0.15, -0.1) is 6.58 Å². The van der Waals surface area contributed by atoms with E-state index in [0.717, 1.165) is 0 Å². The van der Waals surface area contributed by atoms with Crippen molar-refractivity contribution in [2.24, 2.45) is 5.73 Å². The lowest BCUT2D eigenvalue weighted by Gasteiger charge is -2.20. The SMILES string of the molecule is C=CCN(CC(=O)OCC)C(=O)C(C)=Cc1ccc(C(=O)Oc2ccc(C(=N)N)cc2)cc1.CS(=O)(=O)O. The van der Waals surface area contributed by atoms with Crippen LogP contribution in [-0.4, -0.2) is 67.5 Å². The van der Waals surface area contributed by atoms with Crippen LogP contribution < -0.4 is 10.5 Å². The van der Waals surface area contributed by atoms with Gasteiger partial charge < -0.3 is 20.1 Å². The van der Waals surface area contributed by atoms with Crippen molar-refractivity contribution in [2.45, 2.75) is 13.8 Å². The second kappa shape index (κ2) is 15.1. The zero-order chi connectivity index (χ0) is 28.9. The number of amides is 1. The van der Waals surface area contributed by atoms with Crippen molar-refractivity contribution >= 4 is 39.9 Å². The number of hydrogen-bond donors (Lipinski definition) is 3. The van der Waals surface area contributed by atoms with Crippen molar-refractivity contribution in [3.63, 3.8) is 0 Å². The minimum atomic E-state index is -3.67. The summed E-state index contributed by atoms with van der Waals surface area (Å²) in [5.41, 5.74) is 7.40. The molecule has 0 bridgehead atoms. The van der Waals surface area contributed by atoms with Crippen LogP contribution in [0.1, 0.15) is 35.3 Å². The molecular formula is C26H31N3O8S. The number of carbonyl (C=O) groups is 3. The third-order valence-corrected chi connectivity index (χ3v) is 4.50. The van der Waals surface area contributed by atoms with Gasteiger partial charge in [0.2, 0.25) is 5.91 Å². The first-order valence-corrected chi connectivity index (χ1v) is 13.0. The van der Waals surface area contributed by atoms with E-state index in [9.17, 15) is 22.8 Å². The third kappa shape index (κ3) is 12.1. The van der Waals surface area contributed by atoms with Gasteiger partial charge in [-0.2, -0.15) is 8.42 Å². The molecular weight excluding hydrogens is 514 g/mol. The molecule has 0 aliphatic rings. The molecule has 0 fully saturated rings. The first-order valence-electron chi connectivity index (χ1n) is 11.2. The van der Waals surface area contributed by atoms with Gasteiger partial charge in [0.25, 0.3) is 10.1 Å². The van der Waals surface area contributed by atoms with Crippen molar-refractivity contribution in [1.82, 2.24) is 4.90 Å². The normalized spacial score (nSPS) is 10.9. The number of hydrogen-bond acceptors (Lipinski definition) is 8. The molecule has 0 aliphatic carbocycles. The predicted octanol–water partition coefficient (Wildman–Crippen LogP) is 2.67. The van der Waals surface area contributed by atoms with Crippen molar-refractivity contribution in [3.05, 3.63) is 83.4 Å². The molecule has 0 heterocycles. The number of nitrogens with one attached hydrogen (secondary N) is 1. The van der Waals surface area contributed by atoms with Gasteiger partial charge in [0.15, 0.2) is 0 Å². The van der Waals surface area contributed by atoms with E-state index in [0.29, 0.717) is 34.3 Å². The molecule has 0 atom stereocenters. The number of carbonyl (C=O) groups excluding carboxylic acids is 3. The smallest absolute Gasteiger partial charge is 0.343 e. The van der Waals surface area contributed by atoms with Crippen LogP contribution in [0.5, 0.6) is 5.75 Å². The van der Waals surface area contributed by atoms with E-state index in [1.807, 2.05) is 0 Å². The number of nitrogens with zero attached hydrogens (tertiary/aromatic N) is 1. The summed E-state index contributed by atoms with van der Waals surface area (Å²) in [5.74, 6) is -1.08. The van der Waals surface area contributed by atoms with Gasteiger partial charge in [-0.05, 0) is 61.9 Å². The fourth-order valence-corrected chi connectivity index (χ4v) is 2.88. The Morgan fingerprint density at radius 3 is 2.08 bits per heavy atom. The van der Waals surface area contributed by atoms with E-state index in [1.165, 1.54) is 4.90 Å². The summed E-state index contributed by atoms with van der Waals surface area (Å²) in [7, 11) is -3.67. The van der Waals surface area contributed by atoms with Gasteiger partial charge in [0.1, 0.15) is 18.1 Å². The minimum Gasteiger partial charge on any atom is -0.465 e. The number of nitrogens with two attached hydrogens (primary N) is 1. The average molecular weight is 546 g/mol. The molecule has 4 N–H and O–H groups in total. The highest BCUT2D eigenvalue weighted by Crippen LogP contribution is 2.16. The number of ether oxygens (including phenoxy) is 2. The number of benzene rings is 2. The van der Waals surface area contributed by atoms with Gasteiger partial charge >= 0.3 is 11.9 Å². The second-order valence-electron chi connectivity index (χ2n) is 7.79. The van der Waals surface area contributed by atoms with Gasteiger partial charge in [-0.1, -0.05) is 18.2 Å². The van der Waals surface area contributed by atoms with Crippen molar-refractivity contribution in [2.75, 3.05) is 26.0 Å². The molecule has 0 saturated heterocycles. The number of rotatable bonds is 10. The van der Waals surface area contributed by atoms with Crippen molar-refractivity contribution in [3.8, 4) is 5.75 Å². The molecule has 0 aliphatic heterocycles. The summed E-state index contributed by atoms with van der Waals surface area (Å²) in [6.45, 7) is 7.26. The van der Waals surface area contributed by atoms with E-state index in [4.69, 9.17) is 25.2 Å². The quantitative estimate of drug-likeness (QED) is 0.0770. The van der Waals surface area contributed by atoms with E-state index in [2.05, 4.69) is 6.58 Å². The Balaban J connectivity index is 0.00000132. The Morgan fingerprint density at radius 1 is 1.08 bits per heavy atom. The van der Waals surface area contributed by atoms with Crippen LogP contribution in [0.2, 0.25) is 0 Å². The zero-order valence-electron chi connectivity index (χ0n) is 21.3. The maximum atomic E-state index is 12.7. The lowest BCUT2D eigenvalue weighted by Crippen LogP contribution is -2.37. The van der Waals surface area contributed by atoms with Crippen molar-refractivity contribution in [1.29, 1.82) is 5.41 Å². The summed E-state index contributed by atoms with van der Waals surface area (Å²) >= 11 is 0. The zero-order valence-corrected chi connectivity index (χ0v) is 22.2. The molecule has 2 rings (SSSR count). The van der Waals surface area contributed by atoms with Crippen LogP contribution in [0, 0.1) is 5.41 Å². The van der Waals surface area contributed by atoms with Crippen LogP contribution in [0.4, 0.5) is 0 Å². The topological polar surface area (TPSA) is 177 Å². The average Bonchev–Trinajstić information content (AvgIpc) is 2.83. The molecule has 11 nitrogen and oxygen atoms in total. The summed E-state index contributed by atoms with van der Waals surface area (Å²) in [5, 5.41) is 7.38. The molecule has 0 spiro atoms. The maximum absolute atomic E-state index is 12.7.